The molecule has 1 heterocycles. The molecule has 20 heavy (non-hydrogen) atoms. The van der Waals surface area contributed by atoms with E-state index in [2.05, 4.69) is 10.6 Å². The van der Waals surface area contributed by atoms with Crippen LogP contribution in [0.3, 0.4) is 0 Å². The topological polar surface area (TPSA) is 90.9 Å². The number of aliphatic hydroxyl groups is 1. The predicted molar refractivity (Wildman–Crippen MR) is 72.2 cm³/mol. The number of piperidine rings is 1. The van der Waals surface area contributed by atoms with Crippen molar-refractivity contribution < 1.29 is 19.4 Å². The van der Waals surface area contributed by atoms with Crippen LogP contribution in [0.5, 0.6) is 0 Å². The smallest absolute Gasteiger partial charge is 0.321 e. The van der Waals surface area contributed by atoms with Crippen molar-refractivity contribution in [2.45, 2.75) is 37.8 Å². The highest BCUT2D eigenvalue weighted by Gasteiger charge is 2.25. The van der Waals surface area contributed by atoms with Gasteiger partial charge in [-0.2, -0.15) is 0 Å². The van der Waals surface area contributed by atoms with Crippen LogP contribution in [0.1, 0.15) is 25.7 Å². The zero-order valence-electron chi connectivity index (χ0n) is 11.6. The van der Waals surface area contributed by atoms with Crippen molar-refractivity contribution in [3.8, 4) is 0 Å². The molecule has 7 heteroatoms. The highest BCUT2D eigenvalue weighted by molar-refractivity contribution is 5.95. The molecule has 2 aliphatic rings. The number of amides is 3. The number of carbonyl (C=O) groups excluding carboxylic acids is 2. The third kappa shape index (κ3) is 5.44. The lowest BCUT2D eigenvalue weighted by Gasteiger charge is -2.31. The van der Waals surface area contributed by atoms with Gasteiger partial charge >= 0.3 is 6.03 Å². The van der Waals surface area contributed by atoms with Gasteiger partial charge in [-0.3, -0.25) is 15.0 Å². The minimum absolute atomic E-state index is 0.0404. The van der Waals surface area contributed by atoms with Crippen molar-refractivity contribution in [2.24, 2.45) is 0 Å². The van der Waals surface area contributed by atoms with Crippen LogP contribution < -0.4 is 10.6 Å². The Morgan fingerprint density at radius 1 is 1.20 bits per heavy atom. The van der Waals surface area contributed by atoms with E-state index in [0.29, 0.717) is 6.61 Å². The van der Waals surface area contributed by atoms with E-state index in [-0.39, 0.29) is 31.2 Å². The number of likely N-dealkylation sites (tertiary alicyclic amines) is 1. The zero-order chi connectivity index (χ0) is 14.4. The summed E-state index contributed by atoms with van der Waals surface area (Å²) in [6.45, 7) is 2.19. The maximum atomic E-state index is 11.7. The molecule has 114 valence electrons. The number of aliphatic hydroxyl groups excluding tert-OH is 1. The lowest BCUT2D eigenvalue weighted by atomic mass is 10.1. The molecule has 1 aliphatic heterocycles. The quantitative estimate of drug-likeness (QED) is 0.609. The van der Waals surface area contributed by atoms with Crippen LogP contribution in [0.25, 0.3) is 0 Å². The Bertz CT molecular complexity index is 339. The number of nitrogens with zero attached hydrogens (tertiary/aromatic N) is 1. The lowest BCUT2D eigenvalue weighted by molar-refractivity contribution is -0.121. The number of hydrogen-bond acceptors (Lipinski definition) is 5. The van der Waals surface area contributed by atoms with E-state index in [1.54, 1.807) is 0 Å². The molecule has 1 saturated heterocycles. The molecule has 1 aliphatic carbocycles. The van der Waals surface area contributed by atoms with Gasteiger partial charge < -0.3 is 15.2 Å². The number of rotatable bonds is 6. The van der Waals surface area contributed by atoms with Crippen LogP contribution in [0.4, 0.5) is 4.79 Å². The molecular formula is C13H23N3O4. The van der Waals surface area contributed by atoms with Gasteiger partial charge in [0.15, 0.2) is 0 Å². The Balaban J connectivity index is 1.59. The van der Waals surface area contributed by atoms with Crippen LogP contribution in [-0.2, 0) is 9.53 Å². The van der Waals surface area contributed by atoms with E-state index in [9.17, 15) is 9.59 Å². The highest BCUT2D eigenvalue weighted by atomic mass is 16.5. The first-order valence-corrected chi connectivity index (χ1v) is 7.22. The van der Waals surface area contributed by atoms with E-state index in [4.69, 9.17) is 9.84 Å². The molecule has 2 fully saturated rings. The van der Waals surface area contributed by atoms with E-state index in [0.717, 1.165) is 38.8 Å². The van der Waals surface area contributed by atoms with E-state index in [1.807, 2.05) is 4.90 Å². The summed E-state index contributed by atoms with van der Waals surface area (Å²) in [6, 6.07) is -0.138. The van der Waals surface area contributed by atoms with Crippen molar-refractivity contribution in [2.75, 3.05) is 32.8 Å². The maximum Gasteiger partial charge on any atom is 0.321 e. The van der Waals surface area contributed by atoms with Gasteiger partial charge in [0.25, 0.3) is 0 Å². The fraction of sp³-hybridized carbons (Fsp3) is 0.846. The minimum Gasteiger partial charge on any atom is -0.394 e. The molecule has 3 amide bonds. The Labute approximate surface area is 118 Å². The molecule has 0 aromatic heterocycles. The normalized spacial score (nSPS) is 20.6. The van der Waals surface area contributed by atoms with Crippen molar-refractivity contribution in [3.05, 3.63) is 0 Å². The number of carbonyl (C=O) groups is 2. The SMILES string of the molecule is O=C(CN1CCC(OCCO)CC1)NC(=O)NC1CC1. The first-order chi connectivity index (χ1) is 9.67. The van der Waals surface area contributed by atoms with Crippen LogP contribution in [-0.4, -0.2) is 66.9 Å². The average molecular weight is 285 g/mol. The molecular weight excluding hydrogens is 262 g/mol. The van der Waals surface area contributed by atoms with Crippen molar-refractivity contribution in [3.63, 3.8) is 0 Å². The Kier molecular flexibility index (Phi) is 5.75. The first-order valence-electron chi connectivity index (χ1n) is 7.22. The fourth-order valence-corrected chi connectivity index (χ4v) is 2.27. The number of urea groups is 1. The molecule has 0 spiro atoms. The molecule has 7 nitrogen and oxygen atoms in total. The largest absolute Gasteiger partial charge is 0.394 e. The standard InChI is InChI=1S/C13H23N3O4/c17-7-8-20-11-3-5-16(6-4-11)9-12(18)15-13(19)14-10-1-2-10/h10-11,17H,1-9H2,(H2,14,15,18,19). The van der Waals surface area contributed by atoms with Crippen LogP contribution in [0.15, 0.2) is 0 Å². The van der Waals surface area contributed by atoms with Crippen molar-refractivity contribution >= 4 is 11.9 Å². The molecule has 0 aromatic carbocycles. The monoisotopic (exact) mass is 285 g/mol. The van der Waals surface area contributed by atoms with Crippen LogP contribution in [0.2, 0.25) is 0 Å². The molecule has 0 unspecified atom stereocenters. The second-order valence-electron chi connectivity index (χ2n) is 5.37. The summed E-state index contributed by atoms with van der Waals surface area (Å²) in [5, 5.41) is 13.8. The summed E-state index contributed by atoms with van der Waals surface area (Å²) in [5.74, 6) is -0.266. The molecule has 2 rings (SSSR count). The Hall–Kier alpha value is -1.18. The third-order valence-corrected chi connectivity index (χ3v) is 3.51. The summed E-state index contributed by atoms with van der Waals surface area (Å²) >= 11 is 0. The van der Waals surface area contributed by atoms with Gasteiger partial charge in [0.05, 0.1) is 25.9 Å². The van der Waals surface area contributed by atoms with Crippen molar-refractivity contribution in [1.82, 2.24) is 15.5 Å². The average Bonchev–Trinajstić information content (AvgIpc) is 3.21. The zero-order valence-corrected chi connectivity index (χ0v) is 11.6. The van der Waals surface area contributed by atoms with Gasteiger partial charge in [-0.1, -0.05) is 0 Å². The van der Waals surface area contributed by atoms with Gasteiger partial charge in [-0.15, -0.1) is 0 Å². The summed E-state index contributed by atoms with van der Waals surface area (Å²) in [4.78, 5) is 25.1. The maximum absolute atomic E-state index is 11.7. The van der Waals surface area contributed by atoms with Crippen molar-refractivity contribution in [1.29, 1.82) is 0 Å². The van der Waals surface area contributed by atoms with E-state index in [1.165, 1.54) is 0 Å². The summed E-state index contributed by atoms with van der Waals surface area (Å²) in [5.41, 5.74) is 0. The summed E-state index contributed by atoms with van der Waals surface area (Å²) < 4.78 is 5.46. The number of nitrogens with one attached hydrogen (secondary N) is 2. The second kappa shape index (κ2) is 7.56. The van der Waals surface area contributed by atoms with E-state index >= 15 is 0 Å². The third-order valence-electron chi connectivity index (χ3n) is 3.51. The Morgan fingerprint density at radius 3 is 2.50 bits per heavy atom. The molecule has 0 atom stereocenters. The fourth-order valence-electron chi connectivity index (χ4n) is 2.27. The number of ether oxygens (including phenoxy) is 1. The van der Waals surface area contributed by atoms with Gasteiger partial charge in [0.2, 0.25) is 5.91 Å². The summed E-state index contributed by atoms with van der Waals surface area (Å²) in [6.07, 6.45) is 3.87. The minimum atomic E-state index is -0.390. The second-order valence-corrected chi connectivity index (χ2v) is 5.37. The van der Waals surface area contributed by atoms with E-state index < -0.39 is 6.03 Å². The van der Waals surface area contributed by atoms with Gasteiger partial charge in [-0.25, -0.2) is 4.79 Å². The highest BCUT2D eigenvalue weighted by Crippen LogP contribution is 2.18. The lowest BCUT2D eigenvalue weighted by Crippen LogP contribution is -2.47. The Morgan fingerprint density at radius 2 is 1.90 bits per heavy atom. The van der Waals surface area contributed by atoms with Crippen LogP contribution >= 0.6 is 0 Å². The van der Waals surface area contributed by atoms with Gasteiger partial charge in [0, 0.05) is 19.1 Å². The molecule has 0 aromatic rings. The predicted octanol–water partition coefficient (Wildman–Crippen LogP) is -0.552. The van der Waals surface area contributed by atoms with Crippen LogP contribution in [0, 0.1) is 0 Å². The molecule has 1 saturated carbocycles. The summed E-state index contributed by atoms with van der Waals surface area (Å²) in [7, 11) is 0. The van der Waals surface area contributed by atoms with Gasteiger partial charge in [-0.05, 0) is 25.7 Å². The molecule has 0 radical (unpaired) electrons. The number of hydrogen-bond donors (Lipinski definition) is 3. The van der Waals surface area contributed by atoms with Gasteiger partial charge in [0.1, 0.15) is 0 Å². The molecule has 0 bridgehead atoms. The molecule has 3 N–H and O–H groups in total. The number of imide groups is 1. The first kappa shape index (κ1) is 15.2.